The number of carbonyl (C=O) groups excluding carboxylic acids is 2. The number of nitrogens with zero attached hydrogens (tertiary/aromatic N) is 3. The van der Waals surface area contributed by atoms with Gasteiger partial charge < -0.3 is 30.8 Å². The number of nitrogens with one attached hydrogen (secondary N) is 3. The Morgan fingerprint density at radius 3 is 1.77 bits per heavy atom. The van der Waals surface area contributed by atoms with Gasteiger partial charge in [0.15, 0.2) is 21.4 Å². The fourth-order valence-corrected chi connectivity index (χ4v) is 9.73. The number of hydrogen-bond acceptors (Lipinski definition) is 20. The van der Waals surface area contributed by atoms with Gasteiger partial charge in [0.1, 0.15) is 20.2 Å². The van der Waals surface area contributed by atoms with Crippen LogP contribution in [0.2, 0.25) is 5.28 Å². The van der Waals surface area contributed by atoms with Crippen molar-refractivity contribution in [2.45, 2.75) is 35.5 Å². The number of fused-ring (bicyclic) bond motifs is 2. The number of nitrogen functional groups attached to an aromatic ring is 1. The summed E-state index contributed by atoms with van der Waals surface area (Å²) in [6.45, 7) is 3.14. The number of sulfone groups is 1. The molecule has 5 aromatic rings. The molecule has 1 aliphatic rings. The molecule has 1 aromatic heterocycles. The predicted molar refractivity (Wildman–Crippen MR) is 211 cm³/mol. The molecule has 0 atom stereocenters. The number of anilines is 7. The van der Waals surface area contributed by atoms with Gasteiger partial charge in [0, 0.05) is 22.5 Å². The average Bonchev–Trinajstić information content (AvgIpc) is 3.13. The van der Waals surface area contributed by atoms with Gasteiger partial charge in [-0.2, -0.15) is 23.4 Å². The SMILES string of the molecule is Cc1c(Nc2nc(Cl)nc(Nc3ccc(S(=O)(=O)CCOS(=O)(=O)O)cc3)n2)c(C)c(S(=O)(=O)[O-])c(C)c1Nc1cc(S(=O)(=O)[O-])c(N)c2c1C(=O)c1ccccc1C2=O.[K+].[Na+]. The summed E-state index contributed by atoms with van der Waals surface area (Å²) in [5.41, 5.74) is 3.35. The molecule has 0 amide bonds. The van der Waals surface area contributed by atoms with Crippen LogP contribution in [0.15, 0.2) is 69.3 Å². The van der Waals surface area contributed by atoms with Gasteiger partial charge in [-0.1, -0.05) is 24.3 Å². The first-order valence-corrected chi connectivity index (χ1v) is 22.9. The number of nitrogens with two attached hydrogens (primary N) is 1. The summed E-state index contributed by atoms with van der Waals surface area (Å²) in [6.07, 6.45) is 0. The van der Waals surface area contributed by atoms with Crippen molar-refractivity contribution in [1.82, 2.24) is 15.0 Å². The van der Waals surface area contributed by atoms with E-state index in [4.69, 9.17) is 21.9 Å². The third kappa shape index (κ3) is 10.9. The number of aromatic nitrogens is 3. The van der Waals surface area contributed by atoms with Crippen molar-refractivity contribution in [2.24, 2.45) is 0 Å². The molecule has 316 valence electrons. The van der Waals surface area contributed by atoms with Crippen LogP contribution >= 0.6 is 11.6 Å². The standard InChI is InChI=1S/C34H30ClN7O14S4.K.Na/c1-15-27(38-22-14-23(58(47,48)49)26(36)25-24(22)29(43)20-6-4-5-7-21(20)30(25)44)16(2)31(59(50,51)52)17(3)28(15)39-34-41-32(35)40-33(42-34)37-18-8-10-19(11-9-18)57(45,46)13-12-56-60(53,54)55;;/h4-11,14,38H,12-13,36H2,1-3H3,(H,47,48,49)(H,50,51,52)(H,53,54,55)(H2,37,39,40,41,42);;/q;2*+1/p-2. The van der Waals surface area contributed by atoms with Gasteiger partial charge in [-0.15, -0.1) is 0 Å². The van der Waals surface area contributed by atoms with Crippen molar-refractivity contribution < 1.29 is 142 Å². The van der Waals surface area contributed by atoms with E-state index in [1.807, 2.05) is 0 Å². The molecule has 4 aromatic carbocycles. The first-order valence-electron chi connectivity index (χ1n) is 16.7. The van der Waals surface area contributed by atoms with Crippen LogP contribution in [-0.2, 0) is 44.7 Å². The molecule has 0 aliphatic heterocycles. The van der Waals surface area contributed by atoms with Gasteiger partial charge in [0.05, 0.1) is 55.2 Å². The first-order chi connectivity index (χ1) is 27.8. The molecule has 0 spiro atoms. The van der Waals surface area contributed by atoms with Crippen molar-refractivity contribution in [2.75, 3.05) is 34.0 Å². The average molecular weight is 984 g/mol. The smallest absolute Gasteiger partial charge is 0.744 e. The van der Waals surface area contributed by atoms with Gasteiger partial charge in [-0.25, -0.2) is 29.4 Å². The molecule has 62 heavy (non-hydrogen) atoms. The minimum Gasteiger partial charge on any atom is -0.744 e. The van der Waals surface area contributed by atoms with E-state index in [1.165, 1.54) is 69.3 Å². The normalized spacial score (nSPS) is 12.7. The Morgan fingerprint density at radius 2 is 1.26 bits per heavy atom. The molecule has 21 nitrogen and oxygen atoms in total. The Labute approximate surface area is 424 Å². The van der Waals surface area contributed by atoms with E-state index in [2.05, 4.69) is 35.1 Å². The minimum atomic E-state index is -5.39. The Kier molecular flexibility index (Phi) is 16.0. The van der Waals surface area contributed by atoms with Crippen LogP contribution in [0, 0.1) is 20.8 Å². The van der Waals surface area contributed by atoms with E-state index in [-0.39, 0.29) is 143 Å². The number of hydrogen-bond donors (Lipinski definition) is 5. The van der Waals surface area contributed by atoms with Crippen LogP contribution in [0.25, 0.3) is 0 Å². The van der Waals surface area contributed by atoms with Crippen molar-refractivity contribution in [3.63, 3.8) is 0 Å². The Morgan fingerprint density at radius 1 is 0.742 bits per heavy atom. The fourth-order valence-electron chi connectivity index (χ4n) is 6.49. The number of ketones is 2. The fraction of sp³-hybridized carbons (Fsp3) is 0.147. The molecule has 0 radical (unpaired) electrons. The van der Waals surface area contributed by atoms with E-state index in [9.17, 15) is 52.4 Å². The minimum absolute atomic E-state index is 0. The molecule has 0 saturated carbocycles. The van der Waals surface area contributed by atoms with E-state index in [0.29, 0.717) is 0 Å². The first kappa shape index (κ1) is 51.6. The van der Waals surface area contributed by atoms with Crippen LogP contribution < -0.4 is 103 Å². The second-order valence-electron chi connectivity index (χ2n) is 12.9. The molecule has 0 unspecified atom stereocenters. The number of halogens is 1. The maximum absolute atomic E-state index is 13.9. The largest absolute Gasteiger partial charge is 1.00 e. The zero-order valence-corrected chi connectivity index (χ0v) is 41.9. The third-order valence-electron chi connectivity index (χ3n) is 9.06. The van der Waals surface area contributed by atoms with E-state index >= 15 is 0 Å². The van der Waals surface area contributed by atoms with Crippen molar-refractivity contribution in [3.8, 4) is 0 Å². The Bertz CT molecular complexity index is 3150. The summed E-state index contributed by atoms with van der Waals surface area (Å²) in [4.78, 5) is 37.8. The molecular formula is C34H28ClKN7NaO14S4. The molecule has 1 heterocycles. The molecule has 0 fully saturated rings. The maximum Gasteiger partial charge on any atom is 1.00 e. The predicted octanol–water partition coefficient (Wildman–Crippen LogP) is -2.55. The molecule has 0 saturated heterocycles. The van der Waals surface area contributed by atoms with Crippen LogP contribution in [0.3, 0.4) is 0 Å². The molecule has 6 N–H and O–H groups in total. The van der Waals surface area contributed by atoms with Crippen molar-refractivity contribution in [3.05, 3.63) is 98.8 Å². The summed E-state index contributed by atoms with van der Waals surface area (Å²) >= 11 is 6.19. The zero-order valence-electron chi connectivity index (χ0n) is 32.8. The molecule has 6 rings (SSSR count). The van der Waals surface area contributed by atoms with Crippen LogP contribution in [0.4, 0.5) is 40.3 Å². The number of carbonyl (C=O) groups is 2. The van der Waals surface area contributed by atoms with Crippen molar-refractivity contribution in [1.29, 1.82) is 0 Å². The Balaban J connectivity index is 0.00000422. The van der Waals surface area contributed by atoms with Gasteiger partial charge in [0.2, 0.25) is 17.2 Å². The molecule has 0 bridgehead atoms. The van der Waals surface area contributed by atoms with Crippen LogP contribution in [-0.4, -0.2) is 86.2 Å². The topological polar surface area (TPSA) is 347 Å². The quantitative estimate of drug-likeness (QED) is 0.0452. The van der Waals surface area contributed by atoms with E-state index in [0.717, 1.165) is 6.07 Å². The van der Waals surface area contributed by atoms with E-state index < -0.39 is 102 Å². The second kappa shape index (κ2) is 19.2. The summed E-state index contributed by atoms with van der Waals surface area (Å²) in [7, 11) is -19.6. The summed E-state index contributed by atoms with van der Waals surface area (Å²) in [5, 5.41) is 7.96. The summed E-state index contributed by atoms with van der Waals surface area (Å²) in [5.74, 6) is -2.99. The number of rotatable bonds is 13. The summed E-state index contributed by atoms with van der Waals surface area (Å²) < 4.78 is 135. The van der Waals surface area contributed by atoms with Crippen LogP contribution in [0.5, 0.6) is 0 Å². The Hall–Kier alpha value is -3.00. The van der Waals surface area contributed by atoms with Gasteiger partial charge in [-0.3, -0.25) is 14.1 Å². The van der Waals surface area contributed by atoms with Gasteiger partial charge in [-0.05, 0) is 79.4 Å². The number of benzene rings is 4. The van der Waals surface area contributed by atoms with Crippen molar-refractivity contribution >= 4 is 104 Å². The van der Waals surface area contributed by atoms with Gasteiger partial charge >= 0.3 is 91.3 Å². The molecular weight excluding hydrogens is 956 g/mol. The van der Waals surface area contributed by atoms with Crippen LogP contribution in [0.1, 0.15) is 48.5 Å². The second-order valence-corrected chi connectivity index (χ2v) is 19.1. The zero-order chi connectivity index (χ0) is 44.3. The maximum atomic E-state index is 13.9. The molecule has 1 aliphatic carbocycles. The summed E-state index contributed by atoms with van der Waals surface area (Å²) in [6, 6.07) is 11.3. The monoisotopic (exact) mass is 983 g/mol. The third-order valence-corrected chi connectivity index (χ3v) is 13.4. The molecule has 28 heteroatoms. The van der Waals surface area contributed by atoms with Gasteiger partial charge in [0.25, 0.3) is 0 Å². The van der Waals surface area contributed by atoms with E-state index in [1.54, 1.807) is 0 Å².